The number of hydrogen-bond donors (Lipinski definition) is 0. The van der Waals surface area contributed by atoms with Crippen LogP contribution < -0.4 is 0 Å². The lowest BCUT2D eigenvalue weighted by Crippen LogP contribution is -2.26. The molecule has 1 atom stereocenters. The lowest BCUT2D eigenvalue weighted by molar-refractivity contribution is 0.0990. The number of benzene rings is 1. The summed E-state index contributed by atoms with van der Waals surface area (Å²) in [4.78, 5) is 1.85. The second kappa shape index (κ2) is 10.9. The van der Waals surface area contributed by atoms with Gasteiger partial charge in [-0.1, -0.05) is 58.0 Å². The van der Waals surface area contributed by atoms with Crippen molar-refractivity contribution in [3.63, 3.8) is 0 Å². The smallest absolute Gasteiger partial charge is 0.251 e. The van der Waals surface area contributed by atoms with Crippen molar-refractivity contribution in [2.75, 3.05) is 19.6 Å². The Morgan fingerprint density at radius 1 is 1.11 bits per heavy atom. The zero-order valence-corrected chi connectivity index (χ0v) is 12.6. The predicted molar refractivity (Wildman–Crippen MR) is 78.9 cm³/mol. The van der Waals surface area contributed by atoms with E-state index in [1.54, 1.807) is 0 Å². The summed E-state index contributed by atoms with van der Waals surface area (Å²) in [7, 11) is 0. The second-order valence-electron chi connectivity index (χ2n) is 4.05. The van der Waals surface area contributed by atoms with Gasteiger partial charge < -0.3 is 0 Å². The highest BCUT2D eigenvalue weighted by atomic mass is 19.3. The highest BCUT2D eigenvalue weighted by molar-refractivity contribution is 5.20. The fraction of sp³-hybridized carbons (Fsp3) is 0.625. The van der Waals surface area contributed by atoms with E-state index in [4.69, 9.17) is 0 Å². The third-order valence-corrected chi connectivity index (χ3v) is 2.94. The first-order chi connectivity index (χ1) is 9.25. The van der Waals surface area contributed by atoms with E-state index in [2.05, 4.69) is 12.1 Å². The van der Waals surface area contributed by atoms with Gasteiger partial charge in [-0.2, -0.15) is 0 Å². The maximum atomic E-state index is 12.2. The van der Waals surface area contributed by atoms with E-state index in [-0.39, 0.29) is 6.54 Å². The summed E-state index contributed by atoms with van der Waals surface area (Å²) in [6.45, 7) is 9.49. The van der Waals surface area contributed by atoms with E-state index in [1.165, 1.54) is 5.56 Å². The highest BCUT2D eigenvalue weighted by Gasteiger charge is 2.25. The van der Waals surface area contributed by atoms with Gasteiger partial charge in [0.05, 0.1) is 6.54 Å². The van der Waals surface area contributed by atoms with Crippen LogP contribution in [0.15, 0.2) is 30.3 Å². The first-order valence-electron chi connectivity index (χ1n) is 7.31. The van der Waals surface area contributed by atoms with Gasteiger partial charge in [-0.15, -0.1) is 0 Å². The molecule has 2 rings (SSSR count). The molecule has 0 amide bonds. The molecule has 1 aromatic carbocycles. The third kappa shape index (κ3) is 6.67. The molecule has 1 unspecified atom stereocenters. The van der Waals surface area contributed by atoms with Crippen LogP contribution in [0.25, 0.3) is 0 Å². The number of nitrogens with zero attached hydrogens (tertiary/aromatic N) is 1. The molecule has 1 heterocycles. The van der Waals surface area contributed by atoms with Crippen LogP contribution in [-0.4, -0.2) is 31.0 Å². The van der Waals surface area contributed by atoms with Crippen LogP contribution in [0.1, 0.15) is 45.6 Å². The van der Waals surface area contributed by atoms with Gasteiger partial charge in [0.25, 0.3) is 6.43 Å². The van der Waals surface area contributed by atoms with Crippen molar-refractivity contribution in [2.24, 2.45) is 0 Å². The highest BCUT2D eigenvalue weighted by Crippen LogP contribution is 2.26. The van der Waals surface area contributed by atoms with Crippen molar-refractivity contribution in [1.82, 2.24) is 4.90 Å². The fourth-order valence-electron chi connectivity index (χ4n) is 2.19. The molecule has 0 bridgehead atoms. The first kappa shape index (κ1) is 18.0. The molecule has 0 N–H and O–H groups in total. The minimum absolute atomic E-state index is 0.0800. The Bertz CT molecular complexity index is 301. The summed E-state index contributed by atoms with van der Waals surface area (Å²) in [5.74, 6) is 0.435. The summed E-state index contributed by atoms with van der Waals surface area (Å²) in [6, 6.07) is 10.2. The second-order valence-corrected chi connectivity index (χ2v) is 4.05. The van der Waals surface area contributed by atoms with Crippen LogP contribution in [0.2, 0.25) is 0 Å². The fourth-order valence-corrected chi connectivity index (χ4v) is 2.19. The Balaban J connectivity index is 0.000000741. The molecule has 0 aromatic heterocycles. The van der Waals surface area contributed by atoms with Crippen molar-refractivity contribution in [1.29, 1.82) is 0 Å². The van der Waals surface area contributed by atoms with Crippen LogP contribution in [0.4, 0.5) is 8.78 Å². The Labute approximate surface area is 116 Å². The standard InChI is InChI=1S/C12H15F2N.2C2H6/c13-12(14)9-15-7-6-11(8-15)10-4-2-1-3-5-10;2*1-2/h1-5,11-12H,6-9H2;2*1-2H3. The number of hydrogen-bond acceptors (Lipinski definition) is 1. The molecule has 0 saturated carbocycles. The summed E-state index contributed by atoms with van der Waals surface area (Å²) in [5, 5.41) is 0. The SMILES string of the molecule is CC.CC.FC(F)CN1CCC(c2ccccc2)C1. The Kier molecular flexibility index (Phi) is 10.4. The minimum Gasteiger partial charge on any atom is -0.297 e. The third-order valence-electron chi connectivity index (χ3n) is 2.94. The van der Waals surface area contributed by atoms with Gasteiger partial charge in [-0.25, -0.2) is 8.78 Å². The molecular formula is C16H27F2N. The molecular weight excluding hydrogens is 244 g/mol. The van der Waals surface area contributed by atoms with E-state index < -0.39 is 6.43 Å². The molecule has 1 nitrogen and oxygen atoms in total. The Hall–Kier alpha value is -0.960. The van der Waals surface area contributed by atoms with Gasteiger partial charge in [-0.05, 0) is 24.4 Å². The molecule has 0 aliphatic carbocycles. The molecule has 19 heavy (non-hydrogen) atoms. The van der Waals surface area contributed by atoms with Gasteiger partial charge in [0.2, 0.25) is 0 Å². The first-order valence-corrected chi connectivity index (χ1v) is 7.31. The molecule has 1 aliphatic rings. The van der Waals surface area contributed by atoms with E-state index in [0.29, 0.717) is 5.92 Å². The number of halogens is 2. The van der Waals surface area contributed by atoms with Crippen LogP contribution in [-0.2, 0) is 0 Å². The van der Waals surface area contributed by atoms with E-state index >= 15 is 0 Å². The van der Waals surface area contributed by atoms with Crippen LogP contribution in [0.3, 0.4) is 0 Å². The van der Waals surface area contributed by atoms with Crippen molar-refractivity contribution < 1.29 is 8.78 Å². The zero-order valence-electron chi connectivity index (χ0n) is 12.6. The predicted octanol–water partition coefficient (Wildman–Crippen LogP) is 4.79. The summed E-state index contributed by atoms with van der Waals surface area (Å²) >= 11 is 0. The van der Waals surface area contributed by atoms with Crippen LogP contribution in [0.5, 0.6) is 0 Å². The van der Waals surface area contributed by atoms with Gasteiger partial charge >= 0.3 is 0 Å². The van der Waals surface area contributed by atoms with E-state index in [0.717, 1.165) is 19.5 Å². The number of alkyl halides is 2. The molecule has 110 valence electrons. The largest absolute Gasteiger partial charge is 0.297 e. The molecule has 1 fully saturated rings. The van der Waals surface area contributed by atoms with Crippen molar-refractivity contribution >= 4 is 0 Å². The monoisotopic (exact) mass is 271 g/mol. The van der Waals surface area contributed by atoms with Crippen molar-refractivity contribution in [3.05, 3.63) is 35.9 Å². The maximum Gasteiger partial charge on any atom is 0.251 e. The summed E-state index contributed by atoms with van der Waals surface area (Å²) < 4.78 is 24.3. The van der Waals surface area contributed by atoms with Gasteiger partial charge in [0, 0.05) is 6.54 Å². The summed E-state index contributed by atoms with van der Waals surface area (Å²) in [5.41, 5.74) is 1.27. The topological polar surface area (TPSA) is 3.24 Å². The molecule has 0 spiro atoms. The van der Waals surface area contributed by atoms with Gasteiger partial charge in [-0.3, -0.25) is 4.90 Å². The summed E-state index contributed by atoms with van der Waals surface area (Å²) in [6.07, 6.45) is -1.21. The average molecular weight is 271 g/mol. The van der Waals surface area contributed by atoms with Gasteiger partial charge in [0.15, 0.2) is 0 Å². The number of rotatable bonds is 3. The molecule has 1 aliphatic heterocycles. The zero-order chi connectivity index (χ0) is 14.7. The van der Waals surface area contributed by atoms with Crippen molar-refractivity contribution in [3.8, 4) is 0 Å². The molecule has 3 heteroatoms. The number of likely N-dealkylation sites (tertiary alicyclic amines) is 1. The van der Waals surface area contributed by atoms with Crippen LogP contribution >= 0.6 is 0 Å². The maximum absolute atomic E-state index is 12.2. The Morgan fingerprint density at radius 2 is 1.68 bits per heavy atom. The van der Waals surface area contributed by atoms with Crippen LogP contribution in [0, 0.1) is 0 Å². The Morgan fingerprint density at radius 3 is 2.21 bits per heavy atom. The lowest BCUT2D eigenvalue weighted by Gasteiger charge is -2.15. The van der Waals surface area contributed by atoms with E-state index in [1.807, 2.05) is 50.8 Å². The average Bonchev–Trinajstić information content (AvgIpc) is 2.92. The normalized spacial score (nSPS) is 18.4. The lowest BCUT2D eigenvalue weighted by atomic mass is 9.99. The molecule has 1 saturated heterocycles. The van der Waals surface area contributed by atoms with Gasteiger partial charge in [0.1, 0.15) is 0 Å². The van der Waals surface area contributed by atoms with Crippen molar-refractivity contribution in [2.45, 2.75) is 46.5 Å². The quantitative estimate of drug-likeness (QED) is 0.763. The molecule has 0 radical (unpaired) electrons. The minimum atomic E-state index is -2.21. The molecule has 1 aromatic rings. The van der Waals surface area contributed by atoms with E-state index in [9.17, 15) is 8.78 Å².